The Morgan fingerprint density at radius 3 is 2.29 bits per heavy atom. The summed E-state index contributed by atoms with van der Waals surface area (Å²) in [4.78, 5) is 32.7. The monoisotopic (exact) mass is 771 g/mol. The lowest BCUT2D eigenvalue weighted by Crippen LogP contribution is -2.59. The molecule has 6 heterocycles. The normalized spacial score (nSPS) is 22.0. The number of amides is 1. The lowest BCUT2D eigenvalue weighted by atomic mass is 9.98. The van der Waals surface area contributed by atoms with Gasteiger partial charge in [-0.3, -0.25) is 9.00 Å². The zero-order valence-corrected chi connectivity index (χ0v) is 33.5. The number of fused-ring (bicyclic) bond motifs is 8. The molecule has 12 nitrogen and oxygen atoms in total. The molecule has 8 bridgehead atoms. The van der Waals surface area contributed by atoms with Gasteiger partial charge >= 0.3 is 0 Å². The van der Waals surface area contributed by atoms with Crippen LogP contribution in [-0.4, -0.2) is 111 Å². The molecule has 55 heavy (non-hydrogen) atoms. The molecule has 294 valence electrons. The minimum Gasteiger partial charge on any atom is -0.394 e. The molecule has 3 aromatic heterocycles. The number of nitrogens with zero attached hydrogens (tertiary/aromatic N) is 3. The van der Waals surface area contributed by atoms with Gasteiger partial charge in [0, 0.05) is 53.4 Å². The van der Waals surface area contributed by atoms with E-state index in [2.05, 4.69) is 62.4 Å². The van der Waals surface area contributed by atoms with Crippen molar-refractivity contribution in [2.75, 3.05) is 26.0 Å². The lowest BCUT2D eigenvalue weighted by molar-refractivity contribution is -0.206. The highest BCUT2D eigenvalue weighted by atomic mass is 32.2. The Hall–Kier alpha value is -4.24. The molecule has 1 amide bonds. The van der Waals surface area contributed by atoms with Crippen LogP contribution in [0.4, 0.5) is 0 Å². The van der Waals surface area contributed by atoms with Crippen molar-refractivity contribution in [3.05, 3.63) is 81.9 Å². The number of aromatic nitrogens is 4. The average molecular weight is 772 g/mol. The smallest absolute Gasteiger partial charge is 0.222 e. The van der Waals surface area contributed by atoms with E-state index < -0.39 is 47.3 Å². The highest BCUT2D eigenvalue weighted by Crippen LogP contribution is 2.38. The molecule has 0 aromatic carbocycles. The maximum absolute atomic E-state index is 13.5. The first-order chi connectivity index (χ1) is 26.2. The summed E-state index contributed by atoms with van der Waals surface area (Å²) in [6.45, 7) is 16.4. The molecule has 6 N–H and O–H groups in total. The van der Waals surface area contributed by atoms with Crippen molar-refractivity contribution in [1.82, 2.24) is 24.8 Å². The Morgan fingerprint density at radius 1 is 0.909 bits per heavy atom. The van der Waals surface area contributed by atoms with E-state index in [4.69, 9.17) is 14.7 Å². The summed E-state index contributed by atoms with van der Waals surface area (Å²) in [5, 5.41) is 40.0. The predicted molar refractivity (Wildman–Crippen MR) is 218 cm³/mol. The molecule has 0 saturated carbocycles. The number of carbonyl (C=O) groups is 1. The second-order valence-corrected chi connectivity index (χ2v) is 16.4. The summed E-state index contributed by atoms with van der Waals surface area (Å²) < 4.78 is 18.4. The van der Waals surface area contributed by atoms with Gasteiger partial charge in [-0.1, -0.05) is 19.6 Å². The Bertz CT molecular complexity index is 2270. The maximum atomic E-state index is 13.5. The molecule has 3 aliphatic heterocycles. The van der Waals surface area contributed by atoms with Crippen LogP contribution in [0.5, 0.6) is 0 Å². The van der Waals surface area contributed by atoms with E-state index >= 15 is 0 Å². The fourth-order valence-electron chi connectivity index (χ4n) is 7.73. The van der Waals surface area contributed by atoms with Crippen molar-refractivity contribution in [2.24, 2.45) is 0 Å². The van der Waals surface area contributed by atoms with Gasteiger partial charge in [-0.2, -0.15) is 0 Å². The van der Waals surface area contributed by atoms with Crippen LogP contribution in [0.15, 0.2) is 36.9 Å². The molecule has 0 spiro atoms. The van der Waals surface area contributed by atoms with Crippen molar-refractivity contribution in [3.63, 3.8) is 0 Å². The van der Waals surface area contributed by atoms with Gasteiger partial charge in [-0.05, 0) is 117 Å². The third kappa shape index (κ3) is 7.78. The van der Waals surface area contributed by atoms with E-state index in [0.29, 0.717) is 19.4 Å². The molecule has 1 fully saturated rings. The number of rotatable bonds is 11. The van der Waals surface area contributed by atoms with Crippen LogP contribution < -0.4 is 0 Å². The van der Waals surface area contributed by atoms with Gasteiger partial charge < -0.3 is 40.0 Å². The fourth-order valence-corrected chi connectivity index (χ4v) is 9.12. The first-order valence-corrected chi connectivity index (χ1v) is 20.2. The lowest BCUT2D eigenvalue weighted by Gasteiger charge is -2.39. The van der Waals surface area contributed by atoms with E-state index in [9.17, 15) is 29.4 Å². The molecule has 3 aromatic rings. The second kappa shape index (κ2) is 16.5. The van der Waals surface area contributed by atoms with Crippen molar-refractivity contribution >= 4 is 61.1 Å². The molecule has 0 radical (unpaired) electrons. The van der Waals surface area contributed by atoms with Crippen LogP contribution in [0.25, 0.3) is 44.4 Å². The third-order valence-corrected chi connectivity index (χ3v) is 12.9. The summed E-state index contributed by atoms with van der Waals surface area (Å²) in [5.74, 6) is 0.00132. The van der Waals surface area contributed by atoms with E-state index in [1.807, 2.05) is 26.0 Å². The number of carbonyl (C=O) groups excluding carboxylic acids is 1. The van der Waals surface area contributed by atoms with Gasteiger partial charge in [0.15, 0.2) is 5.44 Å². The van der Waals surface area contributed by atoms with Gasteiger partial charge in [0.1, 0.15) is 24.4 Å². The first kappa shape index (κ1) is 40.4. The molecule has 13 heteroatoms. The first-order valence-electron chi connectivity index (χ1n) is 18.9. The van der Waals surface area contributed by atoms with Crippen LogP contribution >= 0.6 is 0 Å². The summed E-state index contributed by atoms with van der Waals surface area (Å²) >= 11 is 0. The van der Waals surface area contributed by atoms with E-state index in [1.54, 1.807) is 11.9 Å². The number of aliphatic hydroxyl groups is 4. The van der Waals surface area contributed by atoms with Crippen molar-refractivity contribution in [2.45, 2.75) is 97.1 Å². The van der Waals surface area contributed by atoms with Crippen LogP contribution in [-0.2, 0) is 26.8 Å². The molecule has 6 atom stereocenters. The maximum Gasteiger partial charge on any atom is 0.222 e. The Morgan fingerprint density at radius 2 is 1.60 bits per heavy atom. The quantitative estimate of drug-likeness (QED) is 0.156. The Labute approximate surface area is 324 Å². The molecule has 1 saturated heterocycles. The van der Waals surface area contributed by atoms with E-state index in [1.165, 1.54) is 11.1 Å². The number of H-pyrrole nitrogens is 2. The molecular formula is C42H53N5O7S. The summed E-state index contributed by atoms with van der Waals surface area (Å²) in [5.41, 5.74) is 14.4. The zero-order valence-electron chi connectivity index (χ0n) is 32.7. The second-order valence-electron chi connectivity index (χ2n) is 14.8. The molecule has 6 rings (SSSR count). The summed E-state index contributed by atoms with van der Waals surface area (Å²) in [6, 6.07) is 8.43. The standard InChI is InChI=1S/C42H53N5O7S/c1-9-26-23(5)32-19-35-27(10-2)22(4)31(44-35)18-33-24(6)28(38(46-33)25(7)30-16-21(3)29(43-30)17-34(26)45-32)12-13-37(49)47(8)14-11-15-55(53)42-41(52)40(51)39(50)36(20-48)54-42/h10,16-19,36,39-43,45,48,50-52H,2,9,11-15,20H2,1,3-8H3/t36-,39-,40+,41-,42+,55?/m1/s1. The van der Waals surface area contributed by atoms with Crippen molar-refractivity contribution < 1.29 is 34.2 Å². The van der Waals surface area contributed by atoms with E-state index in [0.717, 1.165) is 84.7 Å². The number of aromatic amines is 2. The van der Waals surface area contributed by atoms with E-state index in [-0.39, 0.29) is 18.1 Å². The number of hydrogen-bond donors (Lipinski definition) is 6. The largest absolute Gasteiger partial charge is 0.394 e. The highest BCUT2D eigenvalue weighted by Gasteiger charge is 2.45. The minimum atomic E-state index is -1.74. The third-order valence-electron chi connectivity index (χ3n) is 11.3. The molecular weight excluding hydrogens is 719 g/mol. The van der Waals surface area contributed by atoms with Crippen LogP contribution in [0.3, 0.4) is 0 Å². The number of allylic oxidation sites excluding steroid dienone is 5. The number of hydrogen-bond acceptors (Lipinski definition) is 9. The Kier molecular flexibility index (Phi) is 12.1. The number of nitrogens with one attached hydrogen (secondary N) is 2. The summed E-state index contributed by atoms with van der Waals surface area (Å²) in [6.07, 6.45) is -2.05. The minimum absolute atomic E-state index is 0.0872. The molecule has 1 unspecified atom stereocenters. The van der Waals surface area contributed by atoms with Crippen LogP contribution in [0.2, 0.25) is 0 Å². The Balaban J connectivity index is 1.29. The van der Waals surface area contributed by atoms with Crippen molar-refractivity contribution in [3.8, 4) is 0 Å². The molecule has 3 aliphatic rings. The van der Waals surface area contributed by atoms with Gasteiger partial charge in [-0.15, -0.1) is 0 Å². The average Bonchev–Trinajstić information content (AvgIpc) is 3.87. The van der Waals surface area contributed by atoms with Crippen molar-refractivity contribution in [1.29, 1.82) is 0 Å². The topological polar surface area (TPSA) is 185 Å². The predicted octanol–water partition coefficient (Wildman–Crippen LogP) is 5.03. The van der Waals surface area contributed by atoms with Crippen LogP contribution in [0.1, 0.15) is 85.1 Å². The number of aryl methyl sites for hydroxylation is 4. The van der Waals surface area contributed by atoms with Gasteiger partial charge in [0.05, 0.1) is 40.2 Å². The molecule has 0 aliphatic carbocycles. The number of aliphatic hydroxyl groups excluding tert-OH is 4. The van der Waals surface area contributed by atoms with Gasteiger partial charge in [-0.25, -0.2) is 9.97 Å². The summed E-state index contributed by atoms with van der Waals surface area (Å²) in [7, 11) is -0.0389. The zero-order chi connectivity index (χ0) is 39.9. The van der Waals surface area contributed by atoms with Gasteiger partial charge in [0.25, 0.3) is 0 Å². The highest BCUT2D eigenvalue weighted by molar-refractivity contribution is 7.85. The van der Waals surface area contributed by atoms with Gasteiger partial charge in [0.2, 0.25) is 5.91 Å². The number of ether oxygens (including phenoxy) is 1. The fraction of sp³-hybridized carbons (Fsp3) is 0.452. The SMILES string of the molecule is C=CC1=C(C)c2cc3nc(c(C)c4cc(C)c(cc5[nH]c(cc1n2)c(C)c5CC)[nH]4)C(CCC(=O)N(C)CCCS(=O)[C@@H]1O[C@H](CO)[C@@H](O)[C@H](O)[C@H]1O)=C3C. The van der Waals surface area contributed by atoms with Crippen LogP contribution in [0, 0.1) is 20.8 Å².